The zero-order chi connectivity index (χ0) is 17.0. The van der Waals surface area contributed by atoms with Crippen LogP contribution < -0.4 is 10.3 Å². The standard InChI is InChI=1S/C15H18N8O2/c1-25-15(24)23-11(6-17-20-23)14-19-18-13-9-4-2-3-5-10(9)21-8-16-7-12(21)22(13)14/h6-10,13,18H,2-5H2,1H3. The monoisotopic (exact) mass is 342 g/mol. The maximum atomic E-state index is 12.0. The van der Waals surface area contributed by atoms with Crippen LogP contribution in [0.4, 0.5) is 10.6 Å². The van der Waals surface area contributed by atoms with Crippen molar-refractivity contribution in [2.45, 2.75) is 37.9 Å². The van der Waals surface area contributed by atoms with Gasteiger partial charge in [-0.05, 0) is 12.8 Å². The molecule has 1 N–H and O–H groups in total. The van der Waals surface area contributed by atoms with Crippen molar-refractivity contribution in [1.29, 1.82) is 0 Å². The fourth-order valence-corrected chi connectivity index (χ4v) is 4.29. The Morgan fingerprint density at radius 1 is 1.32 bits per heavy atom. The van der Waals surface area contributed by atoms with E-state index >= 15 is 0 Å². The summed E-state index contributed by atoms with van der Waals surface area (Å²) >= 11 is 0. The predicted molar refractivity (Wildman–Crippen MR) is 87.0 cm³/mol. The van der Waals surface area contributed by atoms with Gasteiger partial charge in [0.1, 0.15) is 17.7 Å². The lowest BCUT2D eigenvalue weighted by Crippen LogP contribution is -2.54. The van der Waals surface area contributed by atoms with Crippen molar-refractivity contribution < 1.29 is 9.53 Å². The van der Waals surface area contributed by atoms with E-state index in [2.05, 4.69) is 35.3 Å². The van der Waals surface area contributed by atoms with Crippen LogP contribution in [0.1, 0.15) is 37.4 Å². The highest BCUT2D eigenvalue weighted by atomic mass is 16.5. The second kappa shape index (κ2) is 5.30. The summed E-state index contributed by atoms with van der Waals surface area (Å²) in [5, 5.41) is 12.2. The zero-order valence-electron chi connectivity index (χ0n) is 13.7. The minimum Gasteiger partial charge on any atom is -0.451 e. The molecule has 4 heterocycles. The molecule has 25 heavy (non-hydrogen) atoms. The third kappa shape index (κ3) is 1.93. The second-order valence-corrected chi connectivity index (χ2v) is 6.56. The van der Waals surface area contributed by atoms with Crippen LogP contribution in [0.15, 0.2) is 23.8 Å². The molecule has 2 aromatic rings. The maximum absolute atomic E-state index is 12.0. The number of nitrogens with zero attached hydrogens (tertiary/aromatic N) is 7. The van der Waals surface area contributed by atoms with E-state index in [1.165, 1.54) is 26.1 Å². The number of nitrogens with one attached hydrogen (secondary N) is 1. The quantitative estimate of drug-likeness (QED) is 0.822. The Morgan fingerprint density at radius 2 is 2.20 bits per heavy atom. The van der Waals surface area contributed by atoms with Gasteiger partial charge in [0.2, 0.25) is 0 Å². The van der Waals surface area contributed by atoms with Gasteiger partial charge in [-0.1, -0.05) is 18.1 Å². The van der Waals surface area contributed by atoms with Gasteiger partial charge in [-0.3, -0.25) is 10.3 Å². The van der Waals surface area contributed by atoms with Gasteiger partial charge in [0.05, 0.1) is 25.8 Å². The molecule has 130 valence electrons. The van der Waals surface area contributed by atoms with Crippen LogP contribution in [0.2, 0.25) is 0 Å². The number of rotatable bonds is 1. The molecule has 1 saturated carbocycles. The van der Waals surface area contributed by atoms with Crippen molar-refractivity contribution in [2.75, 3.05) is 12.0 Å². The van der Waals surface area contributed by atoms with E-state index in [0.717, 1.165) is 23.3 Å². The summed E-state index contributed by atoms with van der Waals surface area (Å²) in [5.74, 6) is 2.00. The smallest absolute Gasteiger partial charge is 0.436 e. The van der Waals surface area contributed by atoms with E-state index in [9.17, 15) is 4.79 Å². The van der Waals surface area contributed by atoms with Crippen molar-refractivity contribution in [3.8, 4) is 0 Å². The number of hydrogen-bond donors (Lipinski definition) is 1. The SMILES string of the molecule is COC(=O)n1nncc1C1=NNC2C3CCCCC3n3cncc3N12. The van der Waals surface area contributed by atoms with Gasteiger partial charge in [-0.25, -0.2) is 9.78 Å². The highest BCUT2D eigenvalue weighted by Crippen LogP contribution is 2.45. The van der Waals surface area contributed by atoms with Crippen LogP contribution in [0.5, 0.6) is 0 Å². The van der Waals surface area contributed by atoms with E-state index in [1.54, 1.807) is 0 Å². The molecule has 5 rings (SSSR count). The normalized spacial score (nSPS) is 27.0. The van der Waals surface area contributed by atoms with Crippen LogP contribution in [0.25, 0.3) is 0 Å². The van der Waals surface area contributed by atoms with Crippen molar-refractivity contribution in [1.82, 2.24) is 30.0 Å². The second-order valence-electron chi connectivity index (χ2n) is 6.56. The van der Waals surface area contributed by atoms with Crippen molar-refractivity contribution in [3.63, 3.8) is 0 Å². The van der Waals surface area contributed by atoms with Crippen molar-refractivity contribution in [2.24, 2.45) is 11.0 Å². The number of hydrogen-bond acceptors (Lipinski definition) is 8. The number of methoxy groups -OCH3 is 1. The highest BCUT2D eigenvalue weighted by molar-refractivity contribution is 6.11. The van der Waals surface area contributed by atoms with Gasteiger partial charge in [0.15, 0.2) is 5.84 Å². The Bertz CT molecular complexity index is 855. The molecule has 0 aromatic carbocycles. The summed E-state index contributed by atoms with van der Waals surface area (Å²) in [6.45, 7) is 0. The van der Waals surface area contributed by atoms with E-state index in [1.807, 2.05) is 12.5 Å². The molecular weight excluding hydrogens is 324 g/mol. The number of imidazole rings is 1. The Morgan fingerprint density at radius 3 is 3.08 bits per heavy atom. The molecule has 10 heteroatoms. The average Bonchev–Trinajstić information content (AvgIpc) is 3.38. The molecule has 0 bridgehead atoms. The number of hydrazone groups is 1. The highest BCUT2D eigenvalue weighted by Gasteiger charge is 2.47. The maximum Gasteiger partial charge on any atom is 0.436 e. The van der Waals surface area contributed by atoms with Crippen molar-refractivity contribution >= 4 is 17.7 Å². The van der Waals surface area contributed by atoms with Crippen molar-refractivity contribution in [3.05, 3.63) is 24.4 Å². The Labute approximate surface area is 143 Å². The van der Waals surface area contributed by atoms with Gasteiger partial charge in [-0.2, -0.15) is 5.10 Å². The Hall–Kier alpha value is -2.91. The van der Waals surface area contributed by atoms with Crippen LogP contribution in [-0.4, -0.2) is 49.7 Å². The van der Waals surface area contributed by atoms with Gasteiger partial charge < -0.3 is 9.30 Å². The van der Waals surface area contributed by atoms with E-state index in [-0.39, 0.29) is 6.17 Å². The topological polar surface area (TPSA) is 102 Å². The first-order valence-corrected chi connectivity index (χ1v) is 8.43. The molecule has 1 fully saturated rings. The number of ether oxygens (including phenoxy) is 1. The lowest BCUT2D eigenvalue weighted by atomic mass is 9.80. The molecule has 3 atom stereocenters. The van der Waals surface area contributed by atoms with Gasteiger partial charge in [0.25, 0.3) is 0 Å². The average molecular weight is 342 g/mol. The molecular formula is C15H18N8O2. The van der Waals surface area contributed by atoms with Gasteiger partial charge in [0, 0.05) is 12.0 Å². The number of carbonyl (C=O) groups is 1. The van der Waals surface area contributed by atoms with Crippen LogP contribution in [-0.2, 0) is 4.74 Å². The lowest BCUT2D eigenvalue weighted by Gasteiger charge is -2.45. The summed E-state index contributed by atoms with van der Waals surface area (Å²) in [6, 6.07) is 0.429. The first kappa shape index (κ1) is 14.4. The first-order chi connectivity index (χ1) is 12.3. The van der Waals surface area contributed by atoms with E-state index < -0.39 is 6.09 Å². The van der Waals surface area contributed by atoms with Crippen LogP contribution in [0.3, 0.4) is 0 Å². The summed E-state index contributed by atoms with van der Waals surface area (Å²) in [5.41, 5.74) is 3.75. The lowest BCUT2D eigenvalue weighted by molar-refractivity contribution is 0.168. The Balaban J connectivity index is 1.60. The number of amidine groups is 1. The van der Waals surface area contributed by atoms with Gasteiger partial charge >= 0.3 is 6.09 Å². The largest absolute Gasteiger partial charge is 0.451 e. The Kier molecular flexibility index (Phi) is 3.06. The molecule has 0 radical (unpaired) electrons. The summed E-state index contributed by atoms with van der Waals surface area (Å²) < 4.78 is 8.13. The van der Waals surface area contributed by atoms with E-state index in [4.69, 9.17) is 4.74 Å². The molecule has 1 aliphatic carbocycles. The molecule has 10 nitrogen and oxygen atoms in total. The van der Waals surface area contributed by atoms with Crippen LogP contribution >= 0.6 is 0 Å². The minimum absolute atomic E-state index is 0.0468. The zero-order valence-corrected chi connectivity index (χ0v) is 13.7. The summed E-state index contributed by atoms with van der Waals surface area (Å²) in [7, 11) is 1.31. The summed E-state index contributed by atoms with van der Waals surface area (Å²) in [6.07, 6.45) is 9.43. The third-order valence-corrected chi connectivity index (χ3v) is 5.37. The van der Waals surface area contributed by atoms with Gasteiger partial charge in [-0.15, -0.1) is 9.78 Å². The van der Waals surface area contributed by atoms with E-state index in [0.29, 0.717) is 23.5 Å². The predicted octanol–water partition coefficient (Wildman–Crippen LogP) is 0.931. The fourth-order valence-electron chi connectivity index (χ4n) is 4.29. The number of carbonyl (C=O) groups excluding carboxylic acids is 1. The molecule has 0 amide bonds. The minimum atomic E-state index is -0.597. The van der Waals surface area contributed by atoms with Crippen LogP contribution in [0, 0.1) is 5.92 Å². The number of aromatic nitrogens is 5. The number of anilines is 1. The fraction of sp³-hybridized carbons (Fsp3) is 0.533. The molecule has 0 saturated heterocycles. The number of fused-ring (bicyclic) bond motifs is 6. The molecule has 2 aliphatic heterocycles. The summed E-state index contributed by atoms with van der Waals surface area (Å²) in [4.78, 5) is 18.4. The first-order valence-electron chi connectivity index (χ1n) is 8.43. The molecule has 3 unspecified atom stereocenters. The molecule has 3 aliphatic rings. The molecule has 0 spiro atoms. The molecule has 2 aromatic heterocycles. The third-order valence-electron chi connectivity index (χ3n) is 5.37.